The highest BCUT2D eigenvalue weighted by Gasteiger charge is 2.18. The Bertz CT molecular complexity index is 219. The van der Waals surface area contributed by atoms with E-state index in [1.54, 1.807) is 0 Å². The monoisotopic (exact) mass is 233 g/mol. The number of hydrogen-bond donors (Lipinski definition) is 1. The first kappa shape index (κ1) is 14.8. The molecule has 94 valence electrons. The minimum absolute atomic E-state index is 0.0848. The van der Waals surface area contributed by atoms with Gasteiger partial charge in [0.25, 0.3) is 0 Å². The molecule has 0 saturated carbocycles. The molecule has 1 unspecified atom stereocenters. The summed E-state index contributed by atoms with van der Waals surface area (Å²) >= 11 is 0. The Morgan fingerprint density at radius 2 is 2.12 bits per heavy atom. The molecule has 0 aromatic heterocycles. The Morgan fingerprint density at radius 1 is 1.44 bits per heavy atom. The van der Waals surface area contributed by atoms with Crippen LogP contribution in [0.15, 0.2) is 0 Å². The van der Waals surface area contributed by atoms with Crippen LogP contribution in [0.3, 0.4) is 0 Å². The summed E-state index contributed by atoms with van der Waals surface area (Å²) in [5.74, 6) is -0.850. The fraction of sp³-hybridized carbons (Fsp3) is 0.900. The molecule has 0 amide bonds. The van der Waals surface area contributed by atoms with Gasteiger partial charge in [-0.25, -0.2) is 0 Å². The second-order valence-corrected chi connectivity index (χ2v) is 3.60. The zero-order valence-corrected chi connectivity index (χ0v) is 9.55. The minimum atomic E-state index is -0.940. The summed E-state index contributed by atoms with van der Waals surface area (Å²) in [6, 6.07) is 0. The van der Waals surface area contributed by atoms with E-state index in [1.807, 2.05) is 6.92 Å². The summed E-state index contributed by atoms with van der Waals surface area (Å²) in [4.78, 5) is 20.3. The fourth-order valence-corrected chi connectivity index (χ4v) is 1.23. The fourth-order valence-electron chi connectivity index (χ4n) is 1.23. The van der Waals surface area contributed by atoms with Crippen LogP contribution in [-0.4, -0.2) is 28.8 Å². The third kappa shape index (κ3) is 8.16. The first-order valence-corrected chi connectivity index (χ1v) is 5.54. The van der Waals surface area contributed by atoms with E-state index < -0.39 is 17.1 Å². The maximum atomic E-state index is 10.6. The molecule has 0 bridgehead atoms. The second-order valence-electron chi connectivity index (χ2n) is 3.60. The average molecular weight is 233 g/mol. The van der Waals surface area contributed by atoms with E-state index >= 15 is 0 Å². The Balaban J connectivity index is 3.60. The average Bonchev–Trinajstić information content (AvgIpc) is 2.21. The molecular weight excluding hydrogens is 214 g/mol. The second kappa shape index (κ2) is 9.08. The maximum absolute atomic E-state index is 10.6. The largest absolute Gasteiger partial charge is 0.481 e. The molecule has 0 spiro atoms. The van der Waals surface area contributed by atoms with Crippen molar-refractivity contribution in [3.8, 4) is 0 Å². The first-order chi connectivity index (χ1) is 7.57. The Hall–Kier alpha value is -1.17. The molecule has 0 aliphatic heterocycles. The number of aliphatic carboxylic acids is 1. The molecule has 1 atom stereocenters. The number of carboxylic acid groups (broad SMARTS) is 1. The third-order valence-electron chi connectivity index (χ3n) is 2.13. The van der Waals surface area contributed by atoms with Crippen LogP contribution in [0.1, 0.15) is 45.4 Å². The molecule has 0 radical (unpaired) electrons. The van der Waals surface area contributed by atoms with Crippen molar-refractivity contribution in [1.29, 1.82) is 0 Å². The van der Waals surface area contributed by atoms with Gasteiger partial charge >= 0.3 is 12.2 Å². The summed E-state index contributed by atoms with van der Waals surface area (Å²) < 4.78 is 5.10. The number of nitrogens with zero attached hydrogens (tertiary/aromatic N) is 1. The molecule has 0 aliphatic carbocycles. The van der Waals surface area contributed by atoms with Crippen molar-refractivity contribution in [3.05, 3.63) is 10.1 Å². The van der Waals surface area contributed by atoms with E-state index in [-0.39, 0.29) is 13.0 Å². The van der Waals surface area contributed by atoms with E-state index in [1.165, 1.54) is 0 Å². The number of ether oxygens (including phenoxy) is 1. The molecule has 0 aromatic carbocycles. The summed E-state index contributed by atoms with van der Waals surface area (Å²) in [7, 11) is 0. The highest BCUT2D eigenvalue weighted by atomic mass is 16.7. The van der Waals surface area contributed by atoms with Crippen LogP contribution in [0.25, 0.3) is 0 Å². The van der Waals surface area contributed by atoms with Gasteiger partial charge in [0.2, 0.25) is 0 Å². The molecule has 0 fully saturated rings. The summed E-state index contributed by atoms with van der Waals surface area (Å²) in [6.07, 6.45) is 2.26. The maximum Gasteiger partial charge on any atom is 0.315 e. The summed E-state index contributed by atoms with van der Waals surface area (Å²) in [5.41, 5.74) is 0. The zero-order chi connectivity index (χ0) is 12.4. The van der Waals surface area contributed by atoms with Gasteiger partial charge in [0.15, 0.2) is 0 Å². The quantitative estimate of drug-likeness (QED) is 0.270. The number of carboxylic acids is 1. The number of unbranched alkanes of at least 4 members (excludes halogenated alkanes) is 2. The van der Waals surface area contributed by atoms with Crippen molar-refractivity contribution in [2.24, 2.45) is 0 Å². The van der Waals surface area contributed by atoms with Crippen molar-refractivity contribution < 1.29 is 19.6 Å². The highest BCUT2D eigenvalue weighted by Crippen LogP contribution is 2.07. The van der Waals surface area contributed by atoms with E-state index in [0.717, 1.165) is 12.8 Å². The van der Waals surface area contributed by atoms with Gasteiger partial charge in [-0.05, 0) is 19.3 Å². The van der Waals surface area contributed by atoms with E-state index in [9.17, 15) is 14.9 Å². The van der Waals surface area contributed by atoms with Crippen molar-refractivity contribution in [1.82, 2.24) is 0 Å². The molecule has 16 heavy (non-hydrogen) atoms. The van der Waals surface area contributed by atoms with Gasteiger partial charge in [0.1, 0.15) is 0 Å². The van der Waals surface area contributed by atoms with Crippen molar-refractivity contribution in [2.45, 2.75) is 51.7 Å². The molecule has 0 aliphatic rings. The SMILES string of the molecule is CCCCC(OCCCCC(=O)O)[N+](=O)[O-]. The lowest BCUT2D eigenvalue weighted by molar-refractivity contribution is -0.577. The molecule has 0 aromatic rings. The lowest BCUT2D eigenvalue weighted by atomic mass is 10.2. The van der Waals surface area contributed by atoms with Gasteiger partial charge < -0.3 is 9.84 Å². The topological polar surface area (TPSA) is 89.7 Å². The van der Waals surface area contributed by atoms with E-state index in [0.29, 0.717) is 19.3 Å². The van der Waals surface area contributed by atoms with Gasteiger partial charge in [-0.2, -0.15) is 0 Å². The number of rotatable bonds is 10. The standard InChI is InChI=1S/C10H19NO5/c1-2-3-6-9(11(14)15)16-8-5-4-7-10(12)13/h9H,2-8H2,1H3,(H,12,13). The molecule has 6 heteroatoms. The van der Waals surface area contributed by atoms with Crippen molar-refractivity contribution >= 4 is 5.97 Å². The van der Waals surface area contributed by atoms with Gasteiger partial charge in [0.05, 0.1) is 11.5 Å². The van der Waals surface area contributed by atoms with E-state index in [4.69, 9.17) is 9.84 Å². The lowest BCUT2D eigenvalue weighted by Crippen LogP contribution is -2.23. The predicted octanol–water partition coefficient (Wildman–Crippen LogP) is 2.05. The smallest absolute Gasteiger partial charge is 0.315 e. The zero-order valence-electron chi connectivity index (χ0n) is 9.55. The Morgan fingerprint density at radius 3 is 2.62 bits per heavy atom. The van der Waals surface area contributed by atoms with Crippen molar-refractivity contribution in [3.63, 3.8) is 0 Å². The van der Waals surface area contributed by atoms with Crippen LogP contribution in [-0.2, 0) is 9.53 Å². The Kier molecular flexibility index (Phi) is 8.42. The van der Waals surface area contributed by atoms with Gasteiger partial charge in [0, 0.05) is 12.8 Å². The normalized spacial score (nSPS) is 12.3. The number of hydrogen-bond acceptors (Lipinski definition) is 4. The van der Waals surface area contributed by atoms with Crippen LogP contribution in [0.5, 0.6) is 0 Å². The molecule has 6 nitrogen and oxygen atoms in total. The molecule has 1 N–H and O–H groups in total. The Labute approximate surface area is 94.7 Å². The van der Waals surface area contributed by atoms with Gasteiger partial charge in [-0.15, -0.1) is 0 Å². The number of nitro groups is 1. The molecular formula is C10H19NO5. The van der Waals surface area contributed by atoms with Crippen LogP contribution >= 0.6 is 0 Å². The van der Waals surface area contributed by atoms with Gasteiger partial charge in [-0.1, -0.05) is 13.3 Å². The van der Waals surface area contributed by atoms with Gasteiger partial charge in [-0.3, -0.25) is 14.9 Å². The molecule has 0 saturated heterocycles. The number of carbonyl (C=O) groups is 1. The van der Waals surface area contributed by atoms with Crippen molar-refractivity contribution in [2.75, 3.05) is 6.61 Å². The van der Waals surface area contributed by atoms with Crippen LogP contribution < -0.4 is 0 Å². The molecule has 0 rings (SSSR count). The van der Waals surface area contributed by atoms with Crippen LogP contribution in [0.2, 0.25) is 0 Å². The lowest BCUT2D eigenvalue weighted by Gasteiger charge is -2.09. The summed E-state index contributed by atoms with van der Waals surface area (Å²) in [6.45, 7) is 2.21. The van der Waals surface area contributed by atoms with E-state index in [2.05, 4.69) is 0 Å². The first-order valence-electron chi connectivity index (χ1n) is 5.54. The third-order valence-corrected chi connectivity index (χ3v) is 2.13. The highest BCUT2D eigenvalue weighted by molar-refractivity contribution is 5.66. The molecule has 0 heterocycles. The summed E-state index contributed by atoms with van der Waals surface area (Å²) in [5, 5.41) is 18.9. The minimum Gasteiger partial charge on any atom is -0.481 e. The van der Waals surface area contributed by atoms with Crippen LogP contribution in [0, 0.1) is 10.1 Å². The van der Waals surface area contributed by atoms with Crippen LogP contribution in [0.4, 0.5) is 0 Å². The predicted molar refractivity (Wildman–Crippen MR) is 57.7 cm³/mol.